The van der Waals surface area contributed by atoms with E-state index in [0.29, 0.717) is 36.3 Å². The summed E-state index contributed by atoms with van der Waals surface area (Å²) in [4.78, 5) is 101. The number of benzene rings is 1. The van der Waals surface area contributed by atoms with E-state index in [1.165, 1.54) is 26.0 Å². The summed E-state index contributed by atoms with van der Waals surface area (Å²) in [6.07, 6.45) is -6.85. The lowest BCUT2D eigenvalue weighted by Gasteiger charge is -2.38. The SMILES string of the molecule is BC(=O)OCc1ccc(OC2O[C@H](C(=O)O)[C@@H](O)[C@H](O)[C@H]2O)c(NC(=O)CCNC(=O)[C@H](CCCCNC(=O)C(C)(C)CCOC(C)(C)C)NC(=O)[C@@H](CN)N2C(=O)C=CC2=O)c1. The van der Waals surface area contributed by atoms with Gasteiger partial charge in [-0.25, -0.2) is 4.79 Å². The molecule has 1 saturated heterocycles. The predicted molar refractivity (Wildman–Crippen MR) is 223 cm³/mol. The van der Waals surface area contributed by atoms with E-state index in [9.17, 15) is 58.8 Å². The highest BCUT2D eigenvalue weighted by Crippen LogP contribution is 2.31. The van der Waals surface area contributed by atoms with Crippen molar-refractivity contribution in [2.24, 2.45) is 11.1 Å². The minimum atomic E-state index is -1.99. The molecule has 1 aromatic carbocycles. The minimum Gasteiger partial charge on any atom is -0.479 e. The fraction of sp³-hybridized carbons (Fsp3) is 0.600. The van der Waals surface area contributed by atoms with Gasteiger partial charge in [0.15, 0.2) is 6.10 Å². The molecule has 3 rings (SSSR count). The Morgan fingerprint density at radius 1 is 0.921 bits per heavy atom. The van der Waals surface area contributed by atoms with Gasteiger partial charge in [0.05, 0.1) is 11.3 Å². The average molecular weight is 891 g/mol. The molecule has 1 unspecified atom stereocenters. The van der Waals surface area contributed by atoms with Crippen molar-refractivity contribution in [2.75, 3.05) is 31.6 Å². The summed E-state index contributed by atoms with van der Waals surface area (Å²) in [6.45, 7) is 9.04. The van der Waals surface area contributed by atoms with Crippen molar-refractivity contribution in [2.45, 2.75) is 122 Å². The van der Waals surface area contributed by atoms with E-state index in [1.807, 2.05) is 20.8 Å². The standard InChI is InChI=1S/C40H59BN6O16/c1-39(2,3)61-17-14-40(4,5)37(58)44-15-7-6-8-22(46-34(55)24(19-42)47-27(49)11-12-28(47)50)33(54)43-16-13-26(48)45-23-18-21(20-60-38(41)59)9-10-25(23)62-36-31(53)29(51)30(52)32(63-36)35(56)57/h9-12,18,22,24,29-32,36,51-53H,6-8,13-17,19-20,41-42H2,1-5H3,(H,43,54)(H,44,58)(H,45,48)(H,46,55)(H,56,57)/t22-,24+,29-,30-,31+,32-,36?/m0/s1. The van der Waals surface area contributed by atoms with Gasteiger partial charge >= 0.3 is 5.97 Å². The van der Waals surface area contributed by atoms with E-state index in [2.05, 4.69) is 21.3 Å². The highest BCUT2D eigenvalue weighted by Gasteiger charge is 2.48. The Bertz CT molecular complexity index is 1850. The lowest BCUT2D eigenvalue weighted by atomic mass is 9.88. The van der Waals surface area contributed by atoms with E-state index in [0.717, 1.165) is 12.2 Å². The summed E-state index contributed by atoms with van der Waals surface area (Å²) >= 11 is 0. The maximum absolute atomic E-state index is 13.5. The number of amides is 6. The number of carbonyl (C=O) groups is 8. The van der Waals surface area contributed by atoms with Gasteiger partial charge in [-0.3, -0.25) is 38.5 Å². The first-order chi connectivity index (χ1) is 29.4. The fourth-order valence-corrected chi connectivity index (χ4v) is 6.19. The average Bonchev–Trinajstić information content (AvgIpc) is 3.53. The van der Waals surface area contributed by atoms with Crippen molar-refractivity contribution >= 4 is 60.8 Å². The molecule has 0 bridgehead atoms. The number of aliphatic hydroxyl groups excluding tert-OH is 3. The highest BCUT2D eigenvalue weighted by atomic mass is 16.7. The van der Waals surface area contributed by atoms with Crippen LogP contribution in [0.4, 0.5) is 10.5 Å². The Morgan fingerprint density at radius 2 is 1.59 bits per heavy atom. The van der Waals surface area contributed by atoms with Crippen molar-refractivity contribution in [1.29, 1.82) is 0 Å². The first-order valence-corrected chi connectivity index (χ1v) is 20.4. The number of nitrogens with one attached hydrogen (secondary N) is 4. The molecule has 22 nitrogen and oxygen atoms in total. The second-order valence-electron chi connectivity index (χ2n) is 16.6. The van der Waals surface area contributed by atoms with E-state index < -0.39 is 96.1 Å². The zero-order valence-corrected chi connectivity index (χ0v) is 36.2. The van der Waals surface area contributed by atoms with Crippen LogP contribution >= 0.6 is 0 Å². The van der Waals surface area contributed by atoms with E-state index in [-0.39, 0.29) is 55.5 Å². The van der Waals surface area contributed by atoms with Gasteiger partial charge in [-0.1, -0.05) is 19.9 Å². The molecule has 0 radical (unpaired) electrons. The topological polar surface area (TPSA) is 332 Å². The molecular weight excluding hydrogens is 831 g/mol. The van der Waals surface area contributed by atoms with Gasteiger partial charge in [0, 0.05) is 50.2 Å². The zero-order chi connectivity index (χ0) is 47.2. The molecule has 0 spiro atoms. The predicted octanol–water partition coefficient (Wildman–Crippen LogP) is -2.07. The molecule has 1 fully saturated rings. The number of carbonyl (C=O) groups excluding carboxylic acids is 7. The number of hydrogen-bond acceptors (Lipinski definition) is 16. The van der Waals surface area contributed by atoms with Gasteiger partial charge in [-0.2, -0.15) is 0 Å². The number of aliphatic hydroxyl groups is 3. The van der Waals surface area contributed by atoms with Crippen LogP contribution in [0.3, 0.4) is 0 Å². The summed E-state index contributed by atoms with van der Waals surface area (Å²) < 4.78 is 21.6. The number of aliphatic carboxylic acids is 1. The van der Waals surface area contributed by atoms with Crippen LogP contribution in [-0.2, 0) is 54.4 Å². The number of nitrogens with two attached hydrogens (primary N) is 1. The number of unbranched alkanes of at least 4 members (excludes halogenated alkanes) is 1. The molecule has 2 heterocycles. The van der Waals surface area contributed by atoms with Crippen LogP contribution in [0.2, 0.25) is 0 Å². The number of carboxylic acid groups (broad SMARTS) is 1. The van der Waals surface area contributed by atoms with Gasteiger partial charge in [0.1, 0.15) is 42.8 Å². The first-order valence-electron chi connectivity index (χ1n) is 20.4. The Kier molecular flexibility index (Phi) is 19.2. The number of anilines is 1. The molecule has 23 heteroatoms. The maximum atomic E-state index is 13.5. The lowest BCUT2D eigenvalue weighted by molar-refractivity contribution is -0.271. The van der Waals surface area contributed by atoms with Crippen molar-refractivity contribution in [3.05, 3.63) is 35.9 Å². The van der Waals surface area contributed by atoms with Gasteiger partial charge in [0.2, 0.25) is 43.6 Å². The molecule has 7 atom stereocenters. The summed E-state index contributed by atoms with van der Waals surface area (Å²) in [5.74, 6) is -6.45. The molecule has 348 valence electrons. The first kappa shape index (κ1) is 51.9. The largest absolute Gasteiger partial charge is 0.479 e. The van der Waals surface area contributed by atoms with Crippen LogP contribution in [-0.4, -0.2) is 155 Å². The third-order valence-corrected chi connectivity index (χ3v) is 9.86. The van der Waals surface area contributed by atoms with Gasteiger partial charge < -0.3 is 66.4 Å². The number of ether oxygens (including phenoxy) is 4. The number of nitrogens with zero attached hydrogens (tertiary/aromatic N) is 1. The second-order valence-corrected chi connectivity index (χ2v) is 16.6. The molecule has 6 amide bonds. The third-order valence-electron chi connectivity index (χ3n) is 9.86. The van der Waals surface area contributed by atoms with Crippen molar-refractivity contribution in [1.82, 2.24) is 20.9 Å². The quantitative estimate of drug-likeness (QED) is 0.0324. The number of carboxylic acids is 1. The highest BCUT2D eigenvalue weighted by molar-refractivity contribution is 6.55. The monoisotopic (exact) mass is 890 g/mol. The van der Waals surface area contributed by atoms with Crippen LogP contribution in [0.1, 0.15) is 72.3 Å². The van der Waals surface area contributed by atoms with Crippen LogP contribution in [0.5, 0.6) is 5.75 Å². The van der Waals surface area contributed by atoms with Gasteiger partial charge in [-0.15, -0.1) is 0 Å². The molecule has 63 heavy (non-hydrogen) atoms. The summed E-state index contributed by atoms with van der Waals surface area (Å²) in [5, 5.41) is 50.8. The maximum Gasteiger partial charge on any atom is 0.335 e. The van der Waals surface area contributed by atoms with Gasteiger partial charge in [-0.05, 0) is 64.2 Å². The third kappa shape index (κ3) is 15.7. The van der Waals surface area contributed by atoms with Crippen LogP contribution in [0, 0.1) is 5.41 Å². The van der Waals surface area contributed by atoms with Gasteiger partial charge in [0.25, 0.3) is 11.8 Å². The normalized spacial score (nSPS) is 21.0. The smallest absolute Gasteiger partial charge is 0.335 e. The summed E-state index contributed by atoms with van der Waals surface area (Å²) in [7, 11) is 1.18. The molecule has 0 aliphatic carbocycles. The lowest BCUT2D eigenvalue weighted by Crippen LogP contribution is -2.61. The Labute approximate surface area is 365 Å². The number of rotatable bonds is 23. The molecule has 0 saturated carbocycles. The number of hydrogen-bond donors (Lipinski definition) is 9. The number of imide groups is 1. The van der Waals surface area contributed by atoms with E-state index in [4.69, 9.17) is 24.7 Å². The van der Waals surface area contributed by atoms with Crippen LogP contribution in [0.25, 0.3) is 0 Å². The summed E-state index contributed by atoms with van der Waals surface area (Å²) in [5.41, 5.74) is 4.98. The Hall–Kier alpha value is -5.46. The van der Waals surface area contributed by atoms with Crippen LogP contribution in [0.15, 0.2) is 30.4 Å². The molecule has 10 N–H and O–H groups in total. The zero-order valence-electron chi connectivity index (χ0n) is 36.2. The molecule has 2 aliphatic heterocycles. The van der Waals surface area contributed by atoms with Crippen molar-refractivity contribution in [3.8, 4) is 5.75 Å². The molecule has 2 aliphatic rings. The summed E-state index contributed by atoms with van der Waals surface area (Å²) in [6, 6.07) is 1.40. The fourth-order valence-electron chi connectivity index (χ4n) is 6.19. The molecule has 1 aromatic rings. The van der Waals surface area contributed by atoms with E-state index in [1.54, 1.807) is 13.8 Å². The van der Waals surface area contributed by atoms with Crippen molar-refractivity contribution in [3.63, 3.8) is 0 Å². The molecule has 0 aromatic heterocycles. The molecular formula is C40H59BN6O16. The van der Waals surface area contributed by atoms with Crippen molar-refractivity contribution < 1.29 is 77.7 Å². The minimum absolute atomic E-state index is 0.0409. The van der Waals surface area contributed by atoms with E-state index >= 15 is 0 Å². The Balaban J connectivity index is 1.69. The Morgan fingerprint density at radius 3 is 2.19 bits per heavy atom. The van der Waals surface area contributed by atoms with Crippen LogP contribution < -0.4 is 31.7 Å². The second kappa shape index (κ2) is 23.3.